The SMILES string of the molecule is CN(CCCCCO)C(=O)CNC(=O)C(C)(C)C. The van der Waals surface area contributed by atoms with Crippen LogP contribution in [0.5, 0.6) is 0 Å². The maximum absolute atomic E-state index is 11.7. The van der Waals surface area contributed by atoms with Crippen molar-refractivity contribution in [2.75, 3.05) is 26.7 Å². The van der Waals surface area contributed by atoms with E-state index in [1.165, 1.54) is 0 Å². The molecule has 0 rings (SSSR count). The first-order valence-electron chi connectivity index (χ1n) is 6.42. The normalized spacial score (nSPS) is 11.2. The molecule has 2 N–H and O–H groups in total. The lowest BCUT2D eigenvalue weighted by Crippen LogP contribution is -2.42. The fraction of sp³-hybridized carbons (Fsp3) is 0.846. The summed E-state index contributed by atoms with van der Waals surface area (Å²) >= 11 is 0. The van der Waals surface area contributed by atoms with Gasteiger partial charge in [-0.15, -0.1) is 0 Å². The Morgan fingerprint density at radius 2 is 1.78 bits per heavy atom. The molecule has 0 aromatic carbocycles. The molecule has 0 aliphatic rings. The van der Waals surface area contributed by atoms with Crippen LogP contribution in [0.15, 0.2) is 0 Å². The van der Waals surface area contributed by atoms with E-state index in [4.69, 9.17) is 5.11 Å². The zero-order valence-corrected chi connectivity index (χ0v) is 12.0. The summed E-state index contributed by atoms with van der Waals surface area (Å²) in [6.45, 7) is 6.33. The van der Waals surface area contributed by atoms with Crippen molar-refractivity contribution in [3.8, 4) is 0 Å². The highest BCUT2D eigenvalue weighted by Gasteiger charge is 2.21. The largest absolute Gasteiger partial charge is 0.396 e. The minimum absolute atomic E-state index is 0.0482. The van der Waals surface area contributed by atoms with Crippen molar-refractivity contribution >= 4 is 11.8 Å². The summed E-state index contributed by atoms with van der Waals surface area (Å²) < 4.78 is 0. The molecular formula is C13H26N2O3. The van der Waals surface area contributed by atoms with Crippen LogP contribution in [0.25, 0.3) is 0 Å². The van der Waals surface area contributed by atoms with E-state index in [1.807, 2.05) is 20.8 Å². The summed E-state index contributed by atoms with van der Waals surface area (Å²) in [7, 11) is 1.73. The second kappa shape index (κ2) is 8.08. The van der Waals surface area contributed by atoms with Crippen molar-refractivity contribution in [1.29, 1.82) is 0 Å². The quantitative estimate of drug-likeness (QED) is 0.663. The van der Waals surface area contributed by atoms with Crippen LogP contribution >= 0.6 is 0 Å². The predicted octanol–water partition coefficient (Wildman–Crippen LogP) is 0.770. The number of carbonyl (C=O) groups excluding carboxylic acids is 2. The molecule has 5 nitrogen and oxygen atoms in total. The molecule has 0 heterocycles. The van der Waals surface area contributed by atoms with Crippen LogP contribution < -0.4 is 5.32 Å². The van der Waals surface area contributed by atoms with Crippen molar-refractivity contribution in [3.63, 3.8) is 0 Å². The number of nitrogens with zero attached hydrogens (tertiary/aromatic N) is 1. The van der Waals surface area contributed by atoms with E-state index >= 15 is 0 Å². The summed E-state index contributed by atoms with van der Waals surface area (Å²) in [6.07, 6.45) is 2.54. The molecule has 0 radical (unpaired) electrons. The molecule has 5 heteroatoms. The van der Waals surface area contributed by atoms with E-state index in [1.54, 1.807) is 11.9 Å². The number of aliphatic hydroxyl groups is 1. The Bertz CT molecular complexity index is 272. The molecule has 0 atom stereocenters. The van der Waals surface area contributed by atoms with E-state index in [2.05, 4.69) is 5.32 Å². The van der Waals surface area contributed by atoms with Gasteiger partial charge in [0.2, 0.25) is 11.8 Å². The van der Waals surface area contributed by atoms with E-state index in [0.29, 0.717) is 6.54 Å². The number of hydrogen-bond acceptors (Lipinski definition) is 3. The topological polar surface area (TPSA) is 69.6 Å². The molecule has 0 unspecified atom stereocenters. The zero-order valence-electron chi connectivity index (χ0n) is 12.0. The second-order valence-electron chi connectivity index (χ2n) is 5.53. The van der Waals surface area contributed by atoms with Crippen molar-refractivity contribution in [1.82, 2.24) is 10.2 Å². The minimum atomic E-state index is -0.472. The average Bonchev–Trinajstić information content (AvgIpc) is 2.29. The van der Waals surface area contributed by atoms with Crippen LogP contribution in [0.1, 0.15) is 40.0 Å². The number of hydrogen-bond donors (Lipinski definition) is 2. The molecule has 2 amide bonds. The van der Waals surface area contributed by atoms with Gasteiger partial charge in [0.1, 0.15) is 0 Å². The smallest absolute Gasteiger partial charge is 0.241 e. The second-order valence-corrected chi connectivity index (χ2v) is 5.53. The van der Waals surface area contributed by atoms with Crippen LogP contribution in [0.4, 0.5) is 0 Å². The Labute approximate surface area is 110 Å². The molecule has 0 spiro atoms. The molecule has 0 aliphatic carbocycles. The highest BCUT2D eigenvalue weighted by molar-refractivity contribution is 5.87. The van der Waals surface area contributed by atoms with Gasteiger partial charge in [-0.05, 0) is 19.3 Å². The Kier molecular flexibility index (Phi) is 7.59. The summed E-state index contributed by atoms with van der Waals surface area (Å²) in [5.74, 6) is -0.207. The Hall–Kier alpha value is -1.10. The van der Waals surface area contributed by atoms with Crippen LogP contribution in [-0.2, 0) is 9.59 Å². The van der Waals surface area contributed by atoms with Crippen molar-refractivity contribution in [2.45, 2.75) is 40.0 Å². The Morgan fingerprint density at radius 1 is 1.17 bits per heavy atom. The van der Waals surface area contributed by atoms with Crippen molar-refractivity contribution < 1.29 is 14.7 Å². The summed E-state index contributed by atoms with van der Waals surface area (Å²) in [4.78, 5) is 24.9. The molecular weight excluding hydrogens is 232 g/mol. The molecule has 0 aromatic rings. The summed E-state index contributed by atoms with van der Waals surface area (Å²) in [6, 6.07) is 0. The molecule has 0 bridgehead atoms. The third-order valence-corrected chi connectivity index (χ3v) is 2.66. The Morgan fingerprint density at radius 3 is 2.28 bits per heavy atom. The van der Waals surface area contributed by atoms with Crippen molar-refractivity contribution in [3.05, 3.63) is 0 Å². The third-order valence-electron chi connectivity index (χ3n) is 2.66. The number of unbranched alkanes of at least 4 members (excludes halogenated alkanes) is 2. The van der Waals surface area contributed by atoms with Gasteiger partial charge in [0.15, 0.2) is 0 Å². The van der Waals surface area contributed by atoms with Gasteiger partial charge in [0, 0.05) is 25.6 Å². The van der Waals surface area contributed by atoms with Gasteiger partial charge in [-0.3, -0.25) is 9.59 Å². The predicted molar refractivity (Wildman–Crippen MR) is 71.0 cm³/mol. The molecule has 18 heavy (non-hydrogen) atoms. The highest BCUT2D eigenvalue weighted by atomic mass is 16.3. The number of nitrogens with one attached hydrogen (secondary N) is 1. The number of rotatable bonds is 7. The van der Waals surface area contributed by atoms with E-state index < -0.39 is 5.41 Å². The molecule has 0 saturated carbocycles. The average molecular weight is 258 g/mol. The molecule has 106 valence electrons. The van der Waals surface area contributed by atoms with Crippen LogP contribution in [0.2, 0.25) is 0 Å². The third kappa shape index (κ3) is 7.27. The first kappa shape index (κ1) is 16.9. The Balaban J connectivity index is 3.84. The van der Waals surface area contributed by atoms with E-state index in [9.17, 15) is 9.59 Å². The summed E-state index contributed by atoms with van der Waals surface area (Å²) in [5.41, 5.74) is -0.472. The monoisotopic (exact) mass is 258 g/mol. The number of carbonyl (C=O) groups is 2. The van der Waals surface area contributed by atoms with Crippen LogP contribution in [0, 0.1) is 5.41 Å². The lowest BCUT2D eigenvalue weighted by Gasteiger charge is -2.20. The summed E-state index contributed by atoms with van der Waals surface area (Å²) in [5, 5.41) is 11.3. The number of likely N-dealkylation sites (N-methyl/N-ethyl adjacent to an activating group) is 1. The lowest BCUT2D eigenvalue weighted by molar-refractivity contribution is -0.134. The maximum atomic E-state index is 11.7. The lowest BCUT2D eigenvalue weighted by atomic mass is 9.96. The van der Waals surface area contributed by atoms with Gasteiger partial charge in [-0.25, -0.2) is 0 Å². The van der Waals surface area contributed by atoms with Gasteiger partial charge < -0.3 is 15.3 Å². The maximum Gasteiger partial charge on any atom is 0.241 e. The van der Waals surface area contributed by atoms with Gasteiger partial charge >= 0.3 is 0 Å². The molecule has 0 aromatic heterocycles. The molecule has 0 aliphatic heterocycles. The van der Waals surface area contributed by atoms with Crippen molar-refractivity contribution in [2.24, 2.45) is 5.41 Å². The molecule has 0 saturated heterocycles. The first-order valence-corrected chi connectivity index (χ1v) is 6.42. The number of amides is 2. The van der Waals surface area contributed by atoms with Crippen LogP contribution in [-0.4, -0.2) is 48.6 Å². The first-order chi connectivity index (χ1) is 8.29. The standard InChI is InChI=1S/C13H26N2O3/c1-13(2,3)12(18)14-10-11(17)15(4)8-6-5-7-9-16/h16H,5-10H2,1-4H3,(H,14,18). The fourth-order valence-electron chi connectivity index (χ4n) is 1.32. The van der Waals surface area contributed by atoms with Gasteiger partial charge in [-0.1, -0.05) is 20.8 Å². The fourth-order valence-corrected chi connectivity index (χ4v) is 1.32. The van der Waals surface area contributed by atoms with E-state index in [0.717, 1.165) is 19.3 Å². The zero-order chi connectivity index (χ0) is 14.2. The van der Waals surface area contributed by atoms with Gasteiger partial charge in [0.05, 0.1) is 6.54 Å². The van der Waals surface area contributed by atoms with Gasteiger partial charge in [0.25, 0.3) is 0 Å². The highest BCUT2D eigenvalue weighted by Crippen LogP contribution is 2.12. The van der Waals surface area contributed by atoms with E-state index in [-0.39, 0.29) is 25.0 Å². The van der Waals surface area contributed by atoms with Crippen LogP contribution in [0.3, 0.4) is 0 Å². The minimum Gasteiger partial charge on any atom is -0.396 e. The number of aliphatic hydroxyl groups excluding tert-OH is 1. The van der Waals surface area contributed by atoms with Gasteiger partial charge in [-0.2, -0.15) is 0 Å². The molecule has 0 fully saturated rings.